The van der Waals surface area contributed by atoms with Gasteiger partial charge in [0, 0.05) is 38.5 Å². The van der Waals surface area contributed by atoms with Crippen LogP contribution in [0.15, 0.2) is 64.3 Å². The van der Waals surface area contributed by atoms with Gasteiger partial charge in [-0.15, -0.1) is 4.58 Å². The molecule has 1 aromatic rings. The molecule has 0 radical (unpaired) electrons. The third-order valence-corrected chi connectivity index (χ3v) is 6.48. The van der Waals surface area contributed by atoms with Crippen molar-refractivity contribution in [2.75, 3.05) is 46.6 Å². The summed E-state index contributed by atoms with van der Waals surface area (Å²) >= 11 is 0. The minimum absolute atomic E-state index is 0.0107. The summed E-state index contributed by atoms with van der Waals surface area (Å²) in [5.41, 5.74) is 1.01. The van der Waals surface area contributed by atoms with Crippen molar-refractivity contribution in [2.45, 2.75) is 12.5 Å². The van der Waals surface area contributed by atoms with Gasteiger partial charge in [-0.25, -0.2) is 14.2 Å². The monoisotopic (exact) mass is 525 g/mol. The highest BCUT2D eigenvalue weighted by atomic mass is 19.1. The van der Waals surface area contributed by atoms with Gasteiger partial charge in [-0.3, -0.25) is 9.59 Å². The van der Waals surface area contributed by atoms with Crippen LogP contribution in [0.2, 0.25) is 0 Å². The Morgan fingerprint density at radius 1 is 1.26 bits per heavy atom. The van der Waals surface area contributed by atoms with Crippen LogP contribution >= 0.6 is 0 Å². The number of halogens is 1. The Labute approximate surface area is 217 Å². The van der Waals surface area contributed by atoms with Gasteiger partial charge >= 0.3 is 5.91 Å². The molecule has 4 heterocycles. The van der Waals surface area contributed by atoms with Gasteiger partial charge in [-0.05, 0) is 24.1 Å². The van der Waals surface area contributed by atoms with Crippen LogP contribution in [0.5, 0.6) is 0 Å². The Hall–Kier alpha value is -4.16. The number of carbonyl (C=O) groups excluding carboxylic acids is 3. The minimum atomic E-state index is -0.957. The Morgan fingerprint density at radius 3 is 2.71 bits per heavy atom. The van der Waals surface area contributed by atoms with Crippen molar-refractivity contribution in [3.63, 3.8) is 0 Å². The van der Waals surface area contributed by atoms with Crippen molar-refractivity contribution < 1.29 is 42.7 Å². The first-order valence-electron chi connectivity index (χ1n) is 12.1. The molecule has 38 heavy (non-hydrogen) atoms. The number of benzene rings is 1. The molecule has 1 fully saturated rings. The van der Waals surface area contributed by atoms with E-state index in [9.17, 15) is 23.9 Å². The molecule has 11 nitrogen and oxygen atoms in total. The summed E-state index contributed by atoms with van der Waals surface area (Å²) in [5.74, 6) is -3.12. The quantitative estimate of drug-likeness (QED) is 0.299. The molecular weight excluding hydrogens is 499 g/mol. The van der Waals surface area contributed by atoms with E-state index in [0.717, 1.165) is 10.1 Å². The molecule has 12 heteroatoms. The Kier molecular flexibility index (Phi) is 7.16. The van der Waals surface area contributed by atoms with Gasteiger partial charge < -0.3 is 29.5 Å². The van der Waals surface area contributed by atoms with Gasteiger partial charge in [0.15, 0.2) is 17.0 Å². The van der Waals surface area contributed by atoms with Crippen LogP contribution in [-0.4, -0.2) is 96.4 Å². The van der Waals surface area contributed by atoms with Crippen LogP contribution in [0, 0.1) is 5.82 Å². The van der Waals surface area contributed by atoms with Gasteiger partial charge in [0.2, 0.25) is 12.3 Å². The average Bonchev–Trinajstić information content (AvgIpc) is 2.93. The number of ether oxygens (including phenoxy) is 3. The largest absolute Gasteiger partial charge is 0.504 e. The molecule has 4 aliphatic heterocycles. The molecule has 0 aliphatic carbocycles. The fourth-order valence-electron chi connectivity index (χ4n) is 4.55. The highest BCUT2D eigenvalue weighted by Gasteiger charge is 2.52. The van der Waals surface area contributed by atoms with E-state index >= 15 is 0 Å². The van der Waals surface area contributed by atoms with Crippen molar-refractivity contribution in [2.24, 2.45) is 4.99 Å². The SMILES string of the molecule is COCCNC(=O)C1=C(O)C2=NC=C(Cc3ccc(F)cc3)C3OC(C(=O)N4CCOCC4)=C[N+](=C23)C1=O. The van der Waals surface area contributed by atoms with Crippen molar-refractivity contribution in [3.05, 3.63) is 70.7 Å². The molecule has 1 unspecified atom stereocenters. The lowest BCUT2D eigenvalue weighted by Crippen LogP contribution is -2.53. The van der Waals surface area contributed by atoms with E-state index in [4.69, 9.17) is 14.2 Å². The Balaban J connectivity index is 1.56. The number of hydrogen-bond donors (Lipinski definition) is 2. The zero-order valence-corrected chi connectivity index (χ0v) is 20.6. The number of aliphatic hydroxyl groups is 1. The number of amides is 3. The fourth-order valence-corrected chi connectivity index (χ4v) is 4.55. The Bertz CT molecular complexity index is 1340. The zero-order chi connectivity index (χ0) is 26.8. The van der Waals surface area contributed by atoms with Crippen LogP contribution in [0.4, 0.5) is 4.39 Å². The zero-order valence-electron chi connectivity index (χ0n) is 20.6. The van der Waals surface area contributed by atoms with E-state index < -0.39 is 35.2 Å². The summed E-state index contributed by atoms with van der Waals surface area (Å²) in [5, 5.41) is 13.5. The van der Waals surface area contributed by atoms with E-state index in [1.54, 1.807) is 17.0 Å². The lowest BCUT2D eigenvalue weighted by atomic mass is 9.89. The molecule has 0 spiro atoms. The number of rotatable bonds is 7. The standard InChI is InChI=1S/C26H25FN4O7/c1-36-9-6-28-24(33)19-22(32)20-21-23(16(13-29-20)12-15-2-4-17(27)5-3-15)38-18(14-31(21)26(19)35)25(34)30-7-10-37-11-8-30/h2-5,13-14,23H,6-12H2,1H3,(H-,28,32,33,35)/p+1. The molecule has 3 amide bonds. The van der Waals surface area contributed by atoms with Crippen LogP contribution in [0.25, 0.3) is 0 Å². The second-order valence-electron chi connectivity index (χ2n) is 8.91. The van der Waals surface area contributed by atoms with E-state index in [2.05, 4.69) is 10.3 Å². The smallest absolute Gasteiger partial charge is 0.434 e. The van der Waals surface area contributed by atoms with Crippen molar-refractivity contribution in [1.82, 2.24) is 10.2 Å². The molecule has 0 bridgehead atoms. The number of aliphatic hydroxyl groups excluding tert-OH is 1. The van der Waals surface area contributed by atoms with Crippen LogP contribution in [0.3, 0.4) is 0 Å². The molecule has 2 N–H and O–H groups in total. The predicted octanol–water partition coefficient (Wildman–Crippen LogP) is 0.374. The molecule has 1 atom stereocenters. The number of aliphatic imine (C=N–C) groups is 1. The number of morpholine rings is 1. The van der Waals surface area contributed by atoms with Crippen molar-refractivity contribution >= 4 is 29.1 Å². The van der Waals surface area contributed by atoms with Crippen LogP contribution in [-0.2, 0) is 35.0 Å². The van der Waals surface area contributed by atoms with Gasteiger partial charge in [0.25, 0.3) is 23.3 Å². The Morgan fingerprint density at radius 2 is 2.00 bits per heavy atom. The third-order valence-electron chi connectivity index (χ3n) is 6.48. The summed E-state index contributed by atoms with van der Waals surface area (Å²) in [6.07, 6.45) is 2.03. The summed E-state index contributed by atoms with van der Waals surface area (Å²) in [4.78, 5) is 45.6. The fraction of sp³-hybridized carbons (Fsp3) is 0.346. The number of carbonyl (C=O) groups is 3. The van der Waals surface area contributed by atoms with E-state index in [1.807, 2.05) is 0 Å². The van der Waals surface area contributed by atoms with E-state index in [0.29, 0.717) is 31.9 Å². The molecule has 1 aromatic carbocycles. The number of allylic oxidation sites excluding steroid dienone is 1. The second kappa shape index (κ2) is 10.7. The summed E-state index contributed by atoms with van der Waals surface area (Å²) in [7, 11) is 1.47. The molecule has 4 aliphatic rings. The van der Waals surface area contributed by atoms with Gasteiger partial charge in [0.1, 0.15) is 5.82 Å². The number of hydrogen-bond acceptors (Lipinski definition) is 8. The first-order chi connectivity index (χ1) is 18.4. The van der Waals surface area contributed by atoms with Crippen molar-refractivity contribution in [3.8, 4) is 0 Å². The minimum Gasteiger partial charge on any atom is -0.504 e. The number of nitrogens with zero attached hydrogens (tertiary/aromatic N) is 3. The van der Waals surface area contributed by atoms with E-state index in [-0.39, 0.29) is 42.6 Å². The van der Waals surface area contributed by atoms with Crippen LogP contribution < -0.4 is 5.32 Å². The lowest BCUT2D eigenvalue weighted by Gasteiger charge is -2.32. The number of nitrogens with one attached hydrogen (secondary N) is 1. The molecule has 5 rings (SSSR count). The van der Waals surface area contributed by atoms with Crippen LogP contribution in [0.1, 0.15) is 5.56 Å². The lowest BCUT2D eigenvalue weighted by molar-refractivity contribution is -0.385. The maximum atomic E-state index is 13.6. The summed E-state index contributed by atoms with van der Waals surface area (Å²) < 4.78 is 31.0. The topological polar surface area (TPSA) is 130 Å². The maximum Gasteiger partial charge on any atom is 0.434 e. The molecular formula is C26H26FN4O7+. The van der Waals surface area contributed by atoms with Gasteiger partial charge in [-0.1, -0.05) is 12.1 Å². The summed E-state index contributed by atoms with van der Waals surface area (Å²) in [6, 6.07) is 5.88. The van der Waals surface area contributed by atoms with Crippen molar-refractivity contribution in [1.29, 1.82) is 0 Å². The van der Waals surface area contributed by atoms with E-state index in [1.165, 1.54) is 31.6 Å². The third kappa shape index (κ3) is 4.75. The highest BCUT2D eigenvalue weighted by molar-refractivity contribution is 6.52. The predicted molar refractivity (Wildman–Crippen MR) is 131 cm³/mol. The average molecular weight is 526 g/mol. The van der Waals surface area contributed by atoms with Gasteiger partial charge in [0.05, 0.1) is 19.8 Å². The normalized spacial score (nSPS) is 20.8. The molecule has 0 saturated carbocycles. The first-order valence-corrected chi connectivity index (χ1v) is 12.1. The molecule has 198 valence electrons. The molecule has 1 saturated heterocycles. The summed E-state index contributed by atoms with van der Waals surface area (Å²) in [6.45, 7) is 1.78. The van der Waals surface area contributed by atoms with Gasteiger partial charge in [-0.2, -0.15) is 0 Å². The highest BCUT2D eigenvalue weighted by Crippen LogP contribution is 2.31. The molecule has 0 aromatic heterocycles. The first kappa shape index (κ1) is 25.5. The number of methoxy groups -OCH3 is 1. The maximum absolute atomic E-state index is 13.6. The second-order valence-corrected chi connectivity index (χ2v) is 8.91.